The van der Waals surface area contributed by atoms with Crippen molar-refractivity contribution in [2.75, 3.05) is 19.6 Å². The first-order valence-electron chi connectivity index (χ1n) is 6.17. The van der Waals surface area contributed by atoms with Gasteiger partial charge in [-0.25, -0.2) is 4.39 Å². The predicted molar refractivity (Wildman–Crippen MR) is 75.2 cm³/mol. The fourth-order valence-corrected chi connectivity index (χ4v) is 1.54. The van der Waals surface area contributed by atoms with Crippen LogP contribution in [-0.4, -0.2) is 25.7 Å². The molecule has 0 spiro atoms. The van der Waals surface area contributed by atoms with Gasteiger partial charge in [0.25, 0.3) is 0 Å². The van der Waals surface area contributed by atoms with Crippen LogP contribution in [0.15, 0.2) is 18.2 Å². The van der Waals surface area contributed by atoms with E-state index in [-0.39, 0.29) is 17.7 Å². The van der Waals surface area contributed by atoms with Crippen molar-refractivity contribution in [3.05, 3.63) is 29.6 Å². The normalized spacial score (nSPS) is 11.6. The zero-order chi connectivity index (χ0) is 14.1. The smallest absolute Gasteiger partial charge is 0.165 e. The first-order chi connectivity index (χ1) is 9.17. The van der Waals surface area contributed by atoms with Gasteiger partial charge >= 0.3 is 0 Å². The summed E-state index contributed by atoms with van der Waals surface area (Å²) in [6.07, 6.45) is 1.21. The summed E-state index contributed by atoms with van der Waals surface area (Å²) in [5, 5.41) is 0. The van der Waals surface area contributed by atoms with E-state index in [9.17, 15) is 4.39 Å². The molecule has 0 fully saturated rings. The Hall–Kier alpha value is -1.24. The van der Waals surface area contributed by atoms with Crippen LogP contribution in [-0.2, 0) is 4.74 Å². The van der Waals surface area contributed by atoms with Gasteiger partial charge in [-0.3, -0.25) is 0 Å². The van der Waals surface area contributed by atoms with E-state index in [0.717, 1.165) is 5.56 Å². The molecule has 0 saturated carbocycles. The van der Waals surface area contributed by atoms with Gasteiger partial charge in [-0.05, 0) is 25.1 Å². The first-order valence-corrected chi connectivity index (χ1v) is 6.70. The topological polar surface area (TPSA) is 18.5 Å². The largest absolute Gasteiger partial charge is 0.488 e. The Kier molecular flexibility index (Phi) is 7.32. The van der Waals surface area contributed by atoms with E-state index < -0.39 is 0 Å². The maximum Gasteiger partial charge on any atom is 0.165 e. The van der Waals surface area contributed by atoms with Crippen LogP contribution in [0.3, 0.4) is 0 Å². The van der Waals surface area contributed by atoms with Crippen LogP contribution in [0.1, 0.15) is 25.3 Å². The molecule has 0 aliphatic carbocycles. The molecule has 1 unspecified atom stereocenters. The minimum Gasteiger partial charge on any atom is -0.488 e. The van der Waals surface area contributed by atoms with E-state index in [0.29, 0.717) is 25.3 Å². The van der Waals surface area contributed by atoms with Crippen LogP contribution >= 0.6 is 11.6 Å². The Morgan fingerprint density at radius 2 is 2.21 bits per heavy atom. The lowest BCUT2D eigenvalue weighted by Gasteiger charge is -2.14. The Labute approximate surface area is 118 Å². The zero-order valence-electron chi connectivity index (χ0n) is 11.2. The van der Waals surface area contributed by atoms with Gasteiger partial charge in [0.2, 0.25) is 0 Å². The molecule has 1 aromatic rings. The van der Waals surface area contributed by atoms with Crippen molar-refractivity contribution in [2.24, 2.45) is 0 Å². The van der Waals surface area contributed by atoms with Crippen molar-refractivity contribution in [2.45, 2.75) is 25.9 Å². The molecule has 1 aromatic carbocycles. The quantitative estimate of drug-likeness (QED) is 0.587. The first kappa shape index (κ1) is 15.8. The zero-order valence-corrected chi connectivity index (χ0v) is 12.0. The standard InChI is InChI=1S/C15H18ClFO2/c1-12(8-10-18-2)19-15-11-13(5-3-4-9-16)6-7-14(15)17/h6-7,11-12H,4,8-10H2,1-2H3. The summed E-state index contributed by atoms with van der Waals surface area (Å²) >= 11 is 5.54. The third-order valence-electron chi connectivity index (χ3n) is 2.44. The highest BCUT2D eigenvalue weighted by Crippen LogP contribution is 2.20. The minimum absolute atomic E-state index is 0.111. The van der Waals surface area contributed by atoms with E-state index in [1.165, 1.54) is 6.07 Å². The summed E-state index contributed by atoms with van der Waals surface area (Å²) in [6, 6.07) is 4.60. The molecule has 0 aromatic heterocycles. The van der Waals surface area contributed by atoms with Gasteiger partial charge in [-0.2, -0.15) is 0 Å². The van der Waals surface area contributed by atoms with Crippen LogP contribution in [0.4, 0.5) is 4.39 Å². The molecule has 0 radical (unpaired) electrons. The lowest BCUT2D eigenvalue weighted by atomic mass is 10.2. The number of rotatable bonds is 6. The third-order valence-corrected chi connectivity index (χ3v) is 2.63. The second-order valence-electron chi connectivity index (χ2n) is 4.10. The number of methoxy groups -OCH3 is 1. The second-order valence-corrected chi connectivity index (χ2v) is 4.47. The summed E-state index contributed by atoms with van der Waals surface area (Å²) in [4.78, 5) is 0. The third kappa shape index (κ3) is 5.96. The predicted octanol–water partition coefficient (Wildman–Crippen LogP) is 3.61. The molecular weight excluding hydrogens is 267 g/mol. The highest BCUT2D eigenvalue weighted by molar-refractivity contribution is 6.18. The molecule has 0 heterocycles. The average molecular weight is 285 g/mol. The molecule has 4 heteroatoms. The van der Waals surface area contributed by atoms with Crippen LogP contribution in [0, 0.1) is 17.7 Å². The van der Waals surface area contributed by atoms with Crippen LogP contribution < -0.4 is 4.74 Å². The van der Waals surface area contributed by atoms with E-state index in [4.69, 9.17) is 21.1 Å². The van der Waals surface area contributed by atoms with Crippen molar-refractivity contribution in [3.8, 4) is 17.6 Å². The van der Waals surface area contributed by atoms with Gasteiger partial charge < -0.3 is 9.47 Å². The number of alkyl halides is 1. The molecule has 104 valence electrons. The van der Waals surface area contributed by atoms with Gasteiger partial charge in [-0.1, -0.05) is 11.8 Å². The monoisotopic (exact) mass is 284 g/mol. The lowest BCUT2D eigenvalue weighted by Crippen LogP contribution is -2.15. The van der Waals surface area contributed by atoms with Gasteiger partial charge in [-0.15, -0.1) is 11.6 Å². The van der Waals surface area contributed by atoms with Gasteiger partial charge in [0.1, 0.15) is 0 Å². The van der Waals surface area contributed by atoms with Gasteiger partial charge in [0.05, 0.1) is 6.10 Å². The summed E-state index contributed by atoms with van der Waals surface area (Å²) < 4.78 is 24.1. The SMILES string of the molecule is COCCC(C)Oc1cc(C#CCCCl)ccc1F. The maximum atomic E-state index is 13.6. The van der Waals surface area contributed by atoms with Crippen molar-refractivity contribution >= 4 is 11.6 Å². The number of hydrogen-bond acceptors (Lipinski definition) is 2. The fraction of sp³-hybridized carbons (Fsp3) is 0.467. The summed E-state index contributed by atoms with van der Waals surface area (Å²) in [5.74, 6) is 6.16. The van der Waals surface area contributed by atoms with Crippen LogP contribution in [0.5, 0.6) is 5.75 Å². The molecule has 0 N–H and O–H groups in total. The Balaban J connectivity index is 2.72. The molecule has 0 aliphatic rings. The Morgan fingerprint density at radius 3 is 2.89 bits per heavy atom. The van der Waals surface area contributed by atoms with Crippen LogP contribution in [0.2, 0.25) is 0 Å². The van der Waals surface area contributed by atoms with E-state index in [1.807, 2.05) is 6.92 Å². The summed E-state index contributed by atoms with van der Waals surface area (Å²) in [5.41, 5.74) is 0.723. The molecule has 0 bridgehead atoms. The Bertz CT molecular complexity index is 451. The molecule has 19 heavy (non-hydrogen) atoms. The van der Waals surface area contributed by atoms with Crippen molar-refractivity contribution < 1.29 is 13.9 Å². The van der Waals surface area contributed by atoms with E-state index in [1.54, 1.807) is 19.2 Å². The molecular formula is C15H18ClFO2. The number of hydrogen-bond donors (Lipinski definition) is 0. The Morgan fingerprint density at radius 1 is 1.42 bits per heavy atom. The second kappa shape index (κ2) is 8.79. The van der Waals surface area contributed by atoms with Crippen LogP contribution in [0.25, 0.3) is 0 Å². The highest BCUT2D eigenvalue weighted by Gasteiger charge is 2.09. The highest BCUT2D eigenvalue weighted by atomic mass is 35.5. The van der Waals surface area contributed by atoms with E-state index in [2.05, 4.69) is 11.8 Å². The maximum absolute atomic E-state index is 13.6. The summed E-state index contributed by atoms with van der Waals surface area (Å²) in [7, 11) is 1.63. The molecule has 2 nitrogen and oxygen atoms in total. The van der Waals surface area contributed by atoms with Crippen molar-refractivity contribution in [1.29, 1.82) is 0 Å². The van der Waals surface area contributed by atoms with Crippen molar-refractivity contribution in [3.63, 3.8) is 0 Å². The fourth-order valence-electron chi connectivity index (χ4n) is 1.44. The van der Waals surface area contributed by atoms with E-state index >= 15 is 0 Å². The molecule has 1 rings (SSSR count). The molecule has 0 amide bonds. The molecule has 0 aliphatic heterocycles. The summed E-state index contributed by atoms with van der Waals surface area (Å²) in [6.45, 7) is 2.46. The number of benzene rings is 1. The lowest BCUT2D eigenvalue weighted by molar-refractivity contribution is 0.132. The number of halogens is 2. The van der Waals surface area contributed by atoms with Gasteiger partial charge in [0.15, 0.2) is 11.6 Å². The van der Waals surface area contributed by atoms with Crippen molar-refractivity contribution in [1.82, 2.24) is 0 Å². The van der Waals surface area contributed by atoms with Gasteiger partial charge in [0, 0.05) is 38.0 Å². The molecule has 0 saturated heterocycles. The number of ether oxygens (including phenoxy) is 2. The molecule has 1 atom stereocenters. The minimum atomic E-state index is -0.382. The average Bonchev–Trinajstić information content (AvgIpc) is 2.40.